The predicted octanol–water partition coefficient (Wildman–Crippen LogP) is 5.30. The topological polar surface area (TPSA) is 0 Å². The minimum absolute atomic E-state index is 0.269. The van der Waals surface area contributed by atoms with Crippen LogP contribution in [0.4, 0.5) is 0 Å². The molecule has 0 amide bonds. The van der Waals surface area contributed by atoms with Crippen LogP contribution in [0.25, 0.3) is 0 Å². The van der Waals surface area contributed by atoms with Crippen molar-refractivity contribution in [1.29, 1.82) is 0 Å². The van der Waals surface area contributed by atoms with Gasteiger partial charge >= 0.3 is 0 Å². The first-order valence-electron chi connectivity index (χ1n) is 4.22. The molecule has 0 aliphatic rings. The van der Waals surface area contributed by atoms with E-state index in [2.05, 4.69) is 65.6 Å². The molecule has 1 aromatic rings. The normalized spacial score (nSPS) is 14.6. The van der Waals surface area contributed by atoms with E-state index in [9.17, 15) is 0 Å². The van der Waals surface area contributed by atoms with Gasteiger partial charge in [0.25, 0.3) is 0 Å². The van der Waals surface area contributed by atoms with Crippen LogP contribution in [0.1, 0.15) is 36.0 Å². The molecule has 3 heteroatoms. The Morgan fingerprint density at radius 1 is 1.38 bits per heavy atom. The molecule has 0 nitrogen and oxygen atoms in total. The van der Waals surface area contributed by atoms with Crippen molar-refractivity contribution in [1.82, 2.24) is 0 Å². The SMILES string of the molecule is Cc1sc(Br)cc1C(Br)C(C)(C)C. The van der Waals surface area contributed by atoms with Crippen molar-refractivity contribution >= 4 is 43.2 Å². The summed E-state index contributed by atoms with van der Waals surface area (Å²) < 4.78 is 1.22. The summed E-state index contributed by atoms with van der Waals surface area (Å²) in [4.78, 5) is 1.83. The third-order valence-electron chi connectivity index (χ3n) is 1.96. The van der Waals surface area contributed by atoms with E-state index >= 15 is 0 Å². The molecule has 0 saturated heterocycles. The molecule has 0 fully saturated rings. The van der Waals surface area contributed by atoms with Crippen LogP contribution in [0.3, 0.4) is 0 Å². The van der Waals surface area contributed by atoms with E-state index in [0.717, 1.165) is 0 Å². The number of rotatable bonds is 1. The Bertz CT molecular complexity index is 296. The largest absolute Gasteiger partial charge is 0.133 e. The number of thiophene rings is 1. The molecule has 1 aromatic heterocycles. The highest BCUT2D eigenvalue weighted by atomic mass is 79.9. The Morgan fingerprint density at radius 3 is 2.23 bits per heavy atom. The number of hydrogen-bond acceptors (Lipinski definition) is 1. The van der Waals surface area contributed by atoms with Crippen LogP contribution in [0.2, 0.25) is 0 Å². The summed E-state index contributed by atoms with van der Waals surface area (Å²) in [5, 5.41) is 0. The summed E-state index contributed by atoms with van der Waals surface area (Å²) in [6.07, 6.45) is 0. The smallest absolute Gasteiger partial charge is 0.0704 e. The lowest BCUT2D eigenvalue weighted by Gasteiger charge is -2.25. The second-order valence-corrected chi connectivity index (χ2v) is 7.84. The van der Waals surface area contributed by atoms with Crippen LogP contribution in [-0.4, -0.2) is 0 Å². The molecule has 0 aliphatic carbocycles. The summed E-state index contributed by atoms with van der Waals surface area (Å²) in [5.74, 6) is 0. The molecule has 13 heavy (non-hydrogen) atoms. The quantitative estimate of drug-likeness (QED) is 0.614. The van der Waals surface area contributed by atoms with Crippen molar-refractivity contribution < 1.29 is 0 Å². The van der Waals surface area contributed by atoms with Gasteiger partial charge in [0.05, 0.1) is 3.79 Å². The molecule has 0 radical (unpaired) electrons. The maximum Gasteiger partial charge on any atom is 0.0704 e. The fourth-order valence-electron chi connectivity index (χ4n) is 1.18. The van der Waals surface area contributed by atoms with Crippen LogP contribution in [0.15, 0.2) is 9.85 Å². The molecular formula is C10H14Br2S. The van der Waals surface area contributed by atoms with Crippen molar-refractivity contribution in [3.05, 3.63) is 20.3 Å². The first-order valence-corrected chi connectivity index (χ1v) is 6.75. The van der Waals surface area contributed by atoms with Crippen molar-refractivity contribution in [3.63, 3.8) is 0 Å². The molecule has 0 saturated carbocycles. The van der Waals surface area contributed by atoms with E-state index in [-0.39, 0.29) is 5.41 Å². The van der Waals surface area contributed by atoms with Gasteiger partial charge in [-0.3, -0.25) is 0 Å². The predicted molar refractivity (Wildman–Crippen MR) is 67.9 cm³/mol. The van der Waals surface area contributed by atoms with Gasteiger partial charge in [0, 0.05) is 9.70 Å². The molecular weight excluding hydrogens is 312 g/mol. The minimum Gasteiger partial charge on any atom is -0.133 e. The number of alkyl halides is 1. The molecule has 74 valence electrons. The Kier molecular flexibility index (Phi) is 3.64. The third kappa shape index (κ3) is 2.80. The average Bonchev–Trinajstić information content (AvgIpc) is 2.26. The molecule has 1 rings (SSSR count). The Balaban J connectivity index is 3.01. The maximum atomic E-state index is 3.76. The lowest BCUT2D eigenvalue weighted by molar-refractivity contribution is 0.407. The average molecular weight is 326 g/mol. The summed E-state index contributed by atoms with van der Waals surface area (Å²) in [6, 6.07) is 2.21. The number of halogens is 2. The third-order valence-corrected chi connectivity index (χ3v) is 5.40. The second-order valence-electron chi connectivity index (χ2n) is 4.29. The highest BCUT2D eigenvalue weighted by Crippen LogP contribution is 2.44. The zero-order chi connectivity index (χ0) is 10.2. The second kappa shape index (κ2) is 4.03. The Labute approximate surface area is 101 Å². The van der Waals surface area contributed by atoms with E-state index in [4.69, 9.17) is 0 Å². The Hall–Kier alpha value is 0.660. The molecule has 0 bridgehead atoms. The maximum absolute atomic E-state index is 3.76. The first kappa shape index (κ1) is 11.7. The van der Waals surface area contributed by atoms with E-state index in [1.54, 1.807) is 11.3 Å². The van der Waals surface area contributed by atoms with Crippen molar-refractivity contribution in [3.8, 4) is 0 Å². The van der Waals surface area contributed by atoms with Crippen LogP contribution in [0, 0.1) is 12.3 Å². The van der Waals surface area contributed by atoms with Crippen molar-refractivity contribution in [2.24, 2.45) is 5.41 Å². The fraction of sp³-hybridized carbons (Fsp3) is 0.600. The monoisotopic (exact) mass is 324 g/mol. The molecule has 0 N–H and O–H groups in total. The van der Waals surface area contributed by atoms with Crippen LogP contribution < -0.4 is 0 Å². The summed E-state index contributed by atoms with van der Waals surface area (Å²) in [5.41, 5.74) is 1.68. The molecule has 0 spiro atoms. The lowest BCUT2D eigenvalue weighted by atomic mass is 9.88. The van der Waals surface area contributed by atoms with Crippen LogP contribution in [0.5, 0.6) is 0 Å². The van der Waals surface area contributed by atoms with Crippen LogP contribution in [-0.2, 0) is 0 Å². The van der Waals surface area contributed by atoms with Gasteiger partial charge in [0.15, 0.2) is 0 Å². The van der Waals surface area contributed by atoms with Gasteiger partial charge in [0.2, 0.25) is 0 Å². The highest BCUT2D eigenvalue weighted by molar-refractivity contribution is 9.11. The van der Waals surface area contributed by atoms with E-state index in [1.165, 1.54) is 14.2 Å². The van der Waals surface area contributed by atoms with Gasteiger partial charge in [0.1, 0.15) is 0 Å². The van der Waals surface area contributed by atoms with Crippen LogP contribution >= 0.6 is 43.2 Å². The zero-order valence-corrected chi connectivity index (χ0v) is 12.3. The molecule has 1 unspecified atom stereocenters. The van der Waals surface area contributed by atoms with Gasteiger partial charge in [-0.25, -0.2) is 0 Å². The standard InChI is InChI=1S/C10H14Br2S/c1-6-7(5-8(11)13-6)9(12)10(2,3)4/h5,9H,1-4H3. The molecule has 0 aliphatic heterocycles. The van der Waals surface area contributed by atoms with Gasteiger partial charge in [-0.2, -0.15) is 0 Å². The van der Waals surface area contributed by atoms with Crippen molar-refractivity contribution in [2.75, 3.05) is 0 Å². The van der Waals surface area contributed by atoms with Gasteiger partial charge in [-0.1, -0.05) is 36.7 Å². The minimum atomic E-state index is 0.269. The summed E-state index contributed by atoms with van der Waals surface area (Å²) >= 11 is 9.07. The molecule has 1 heterocycles. The van der Waals surface area contributed by atoms with Gasteiger partial charge in [-0.05, 0) is 39.9 Å². The van der Waals surface area contributed by atoms with Crippen molar-refractivity contribution in [2.45, 2.75) is 32.5 Å². The number of aryl methyl sites for hydroxylation is 1. The highest BCUT2D eigenvalue weighted by Gasteiger charge is 2.25. The Morgan fingerprint density at radius 2 is 1.92 bits per heavy atom. The van der Waals surface area contributed by atoms with Gasteiger partial charge < -0.3 is 0 Å². The summed E-state index contributed by atoms with van der Waals surface area (Å²) in [6.45, 7) is 8.91. The first-order chi connectivity index (χ1) is 5.82. The fourth-order valence-corrected chi connectivity index (χ4v) is 3.55. The summed E-state index contributed by atoms with van der Waals surface area (Å²) in [7, 11) is 0. The van der Waals surface area contributed by atoms with Gasteiger partial charge in [-0.15, -0.1) is 11.3 Å². The number of hydrogen-bond donors (Lipinski definition) is 0. The van der Waals surface area contributed by atoms with E-state index < -0.39 is 0 Å². The molecule has 1 atom stereocenters. The van der Waals surface area contributed by atoms with E-state index in [1.807, 2.05) is 0 Å². The lowest BCUT2D eigenvalue weighted by Crippen LogP contribution is -2.12. The molecule has 0 aromatic carbocycles. The van der Waals surface area contributed by atoms with E-state index in [0.29, 0.717) is 4.83 Å². The zero-order valence-electron chi connectivity index (χ0n) is 8.32.